The van der Waals surface area contributed by atoms with Crippen LogP contribution in [0, 0.1) is 5.92 Å². The van der Waals surface area contributed by atoms with Crippen molar-refractivity contribution in [2.75, 3.05) is 0 Å². The van der Waals surface area contributed by atoms with Crippen molar-refractivity contribution in [3.63, 3.8) is 0 Å². The van der Waals surface area contributed by atoms with Gasteiger partial charge >= 0.3 is 0 Å². The van der Waals surface area contributed by atoms with Crippen LogP contribution >= 0.6 is 0 Å². The summed E-state index contributed by atoms with van der Waals surface area (Å²) >= 11 is 0. The van der Waals surface area contributed by atoms with Crippen LogP contribution in [0.1, 0.15) is 25.6 Å². The number of imidazole rings is 1. The number of nitrogens with zero attached hydrogens (tertiary/aromatic N) is 2. The van der Waals surface area contributed by atoms with Gasteiger partial charge in [0, 0.05) is 25.4 Å². The van der Waals surface area contributed by atoms with Gasteiger partial charge in [-0.25, -0.2) is 4.98 Å². The molecule has 0 aliphatic heterocycles. The van der Waals surface area contributed by atoms with Gasteiger partial charge in [0.1, 0.15) is 5.82 Å². The van der Waals surface area contributed by atoms with Gasteiger partial charge < -0.3 is 14.8 Å². The van der Waals surface area contributed by atoms with Gasteiger partial charge in [0.25, 0.3) is 0 Å². The molecule has 4 nitrogen and oxygen atoms in total. The first-order valence-corrected chi connectivity index (χ1v) is 5.58. The average molecular weight is 210 g/mol. The van der Waals surface area contributed by atoms with E-state index in [0.29, 0.717) is 12.3 Å². The number of hydrogen-bond donors (Lipinski definition) is 2. The monoisotopic (exact) mass is 210 g/mol. The molecule has 0 bridgehead atoms. The van der Waals surface area contributed by atoms with E-state index in [-0.39, 0.29) is 0 Å². The van der Waals surface area contributed by atoms with E-state index >= 15 is 0 Å². The Morgan fingerprint density at radius 2 is 2.27 bits per heavy atom. The second-order valence-corrected chi connectivity index (χ2v) is 4.23. The smallest absolute Gasteiger partial charge is 0.111 e. The van der Waals surface area contributed by atoms with Crippen LogP contribution < -0.4 is 0 Å². The molecule has 1 aliphatic rings. The molecule has 0 aromatic carbocycles. The molecular weight excluding hydrogens is 192 g/mol. The normalized spacial score (nSPS) is 20.2. The Hall–Kier alpha value is -0.870. The first-order chi connectivity index (χ1) is 7.22. The molecule has 1 aromatic rings. The van der Waals surface area contributed by atoms with Crippen LogP contribution in [0.3, 0.4) is 0 Å². The Labute approximate surface area is 89.6 Å². The topological polar surface area (TPSA) is 58.3 Å². The lowest BCUT2D eigenvalue weighted by atomic mass is 10.1. The summed E-state index contributed by atoms with van der Waals surface area (Å²) in [7, 11) is 0. The highest BCUT2D eigenvalue weighted by molar-refractivity contribution is 4.97. The highest BCUT2D eigenvalue weighted by Crippen LogP contribution is 2.34. The van der Waals surface area contributed by atoms with Crippen LogP contribution in [-0.4, -0.2) is 32.0 Å². The highest BCUT2D eigenvalue weighted by Gasteiger charge is 2.34. The molecule has 0 spiro atoms. The maximum absolute atomic E-state index is 9.82. The summed E-state index contributed by atoms with van der Waals surface area (Å²) in [6.45, 7) is 2.89. The fraction of sp³-hybridized carbons (Fsp3) is 0.727. The molecule has 1 fully saturated rings. The standard InChI is InChI=1S/C11H18N2O2/c1-2-13-6-5-12-10(13)7-9(14)11(15)8-3-4-8/h5-6,8-9,11,14-15H,2-4,7H2,1H3. The summed E-state index contributed by atoms with van der Waals surface area (Å²) in [5, 5.41) is 19.5. The summed E-state index contributed by atoms with van der Waals surface area (Å²) in [5.41, 5.74) is 0. The molecule has 2 rings (SSSR count). The number of hydrogen-bond acceptors (Lipinski definition) is 3. The molecule has 1 saturated carbocycles. The quantitative estimate of drug-likeness (QED) is 0.747. The lowest BCUT2D eigenvalue weighted by Crippen LogP contribution is -2.30. The van der Waals surface area contributed by atoms with Crippen molar-refractivity contribution >= 4 is 0 Å². The maximum atomic E-state index is 9.82. The Kier molecular flexibility index (Phi) is 3.07. The van der Waals surface area contributed by atoms with Crippen molar-refractivity contribution in [3.05, 3.63) is 18.2 Å². The molecular formula is C11H18N2O2. The minimum Gasteiger partial charge on any atom is -0.390 e. The van der Waals surface area contributed by atoms with Crippen molar-refractivity contribution in [2.24, 2.45) is 5.92 Å². The van der Waals surface area contributed by atoms with Gasteiger partial charge in [-0.3, -0.25) is 0 Å². The number of aromatic nitrogens is 2. The summed E-state index contributed by atoms with van der Waals surface area (Å²) in [5.74, 6) is 1.16. The van der Waals surface area contributed by atoms with Gasteiger partial charge in [-0.15, -0.1) is 0 Å². The Balaban J connectivity index is 1.95. The number of aryl methyl sites for hydroxylation is 1. The lowest BCUT2D eigenvalue weighted by molar-refractivity contribution is 0.00527. The number of aliphatic hydroxyl groups is 2. The first-order valence-electron chi connectivity index (χ1n) is 5.58. The molecule has 0 radical (unpaired) electrons. The van der Waals surface area contributed by atoms with Gasteiger partial charge in [-0.2, -0.15) is 0 Å². The SMILES string of the molecule is CCn1ccnc1CC(O)C(O)C1CC1. The van der Waals surface area contributed by atoms with Crippen molar-refractivity contribution in [1.29, 1.82) is 0 Å². The van der Waals surface area contributed by atoms with E-state index in [4.69, 9.17) is 0 Å². The van der Waals surface area contributed by atoms with Crippen LogP contribution in [0.4, 0.5) is 0 Å². The van der Waals surface area contributed by atoms with E-state index in [1.165, 1.54) is 0 Å². The van der Waals surface area contributed by atoms with Gasteiger partial charge in [0.2, 0.25) is 0 Å². The molecule has 1 aromatic heterocycles. The van der Waals surface area contributed by atoms with Gasteiger partial charge in [-0.05, 0) is 25.7 Å². The molecule has 2 unspecified atom stereocenters. The molecule has 2 N–H and O–H groups in total. The van der Waals surface area contributed by atoms with E-state index in [1.54, 1.807) is 6.20 Å². The largest absolute Gasteiger partial charge is 0.390 e. The van der Waals surface area contributed by atoms with E-state index < -0.39 is 12.2 Å². The minimum atomic E-state index is -0.676. The summed E-state index contributed by atoms with van der Waals surface area (Å²) in [6, 6.07) is 0. The lowest BCUT2D eigenvalue weighted by Gasteiger charge is -2.17. The number of aliphatic hydroxyl groups excluding tert-OH is 2. The molecule has 0 saturated heterocycles. The summed E-state index contributed by atoms with van der Waals surface area (Å²) < 4.78 is 1.99. The highest BCUT2D eigenvalue weighted by atomic mass is 16.3. The third kappa shape index (κ3) is 2.38. The molecule has 1 aliphatic carbocycles. The van der Waals surface area contributed by atoms with Crippen molar-refractivity contribution in [2.45, 2.75) is 44.9 Å². The summed E-state index contributed by atoms with van der Waals surface area (Å²) in [4.78, 5) is 4.18. The predicted molar refractivity (Wildman–Crippen MR) is 56.3 cm³/mol. The van der Waals surface area contributed by atoms with Crippen LogP contribution in [0.25, 0.3) is 0 Å². The Morgan fingerprint density at radius 1 is 1.53 bits per heavy atom. The predicted octanol–water partition coefficient (Wildman–Crippen LogP) is 0.577. The van der Waals surface area contributed by atoms with E-state index in [0.717, 1.165) is 25.2 Å². The van der Waals surface area contributed by atoms with Gasteiger partial charge in [-0.1, -0.05) is 0 Å². The summed E-state index contributed by atoms with van der Waals surface area (Å²) in [6.07, 6.45) is 4.90. The van der Waals surface area contributed by atoms with Crippen molar-refractivity contribution in [3.8, 4) is 0 Å². The van der Waals surface area contributed by atoms with E-state index in [2.05, 4.69) is 4.98 Å². The van der Waals surface area contributed by atoms with Gasteiger partial charge in [0.15, 0.2) is 0 Å². The van der Waals surface area contributed by atoms with Crippen LogP contribution in [-0.2, 0) is 13.0 Å². The Bertz CT molecular complexity index is 320. The van der Waals surface area contributed by atoms with Gasteiger partial charge in [0.05, 0.1) is 12.2 Å². The van der Waals surface area contributed by atoms with Crippen LogP contribution in [0.15, 0.2) is 12.4 Å². The maximum Gasteiger partial charge on any atom is 0.111 e. The second kappa shape index (κ2) is 4.33. The third-order valence-electron chi connectivity index (χ3n) is 3.03. The zero-order valence-electron chi connectivity index (χ0n) is 9.00. The fourth-order valence-corrected chi connectivity index (χ4v) is 1.88. The zero-order chi connectivity index (χ0) is 10.8. The number of rotatable bonds is 5. The van der Waals surface area contributed by atoms with Crippen molar-refractivity contribution in [1.82, 2.24) is 9.55 Å². The molecule has 2 atom stereocenters. The molecule has 0 amide bonds. The van der Waals surface area contributed by atoms with E-state index in [1.807, 2.05) is 17.7 Å². The first kappa shape index (κ1) is 10.6. The fourth-order valence-electron chi connectivity index (χ4n) is 1.88. The molecule has 15 heavy (non-hydrogen) atoms. The second-order valence-electron chi connectivity index (χ2n) is 4.23. The molecule has 4 heteroatoms. The van der Waals surface area contributed by atoms with Crippen LogP contribution in [0.2, 0.25) is 0 Å². The molecule has 1 heterocycles. The molecule has 84 valence electrons. The van der Waals surface area contributed by atoms with Crippen molar-refractivity contribution < 1.29 is 10.2 Å². The third-order valence-corrected chi connectivity index (χ3v) is 3.03. The van der Waals surface area contributed by atoms with E-state index in [9.17, 15) is 10.2 Å². The Morgan fingerprint density at radius 3 is 2.87 bits per heavy atom. The average Bonchev–Trinajstić information content (AvgIpc) is 2.99. The zero-order valence-corrected chi connectivity index (χ0v) is 9.00. The minimum absolute atomic E-state index is 0.310. The van der Waals surface area contributed by atoms with Crippen LogP contribution in [0.5, 0.6) is 0 Å².